The van der Waals surface area contributed by atoms with Crippen molar-refractivity contribution in [1.82, 2.24) is 9.13 Å². The molecule has 7 heteroatoms. The second-order valence-corrected chi connectivity index (χ2v) is 11.4. The zero-order chi connectivity index (χ0) is 33.4. The SMILES string of the molecule is C=Cc1cc(-c2c(O)c(O)c(O)c(O)c2O)n(-c2ccccc2)c1/C=C\Cc1ccc2c(c1)cc(-c1ccccc1)n2-c1ccccc1. The van der Waals surface area contributed by atoms with Gasteiger partial charge in [0.05, 0.1) is 28.2 Å². The third kappa shape index (κ3) is 5.13. The minimum atomic E-state index is -1.01. The van der Waals surface area contributed by atoms with E-state index in [2.05, 4.69) is 59.7 Å². The maximum Gasteiger partial charge on any atom is 0.208 e. The van der Waals surface area contributed by atoms with Gasteiger partial charge in [0.1, 0.15) is 0 Å². The number of aromatic nitrogens is 2. The molecule has 0 spiro atoms. The van der Waals surface area contributed by atoms with Crippen LogP contribution in [-0.4, -0.2) is 34.7 Å². The maximum absolute atomic E-state index is 10.8. The van der Waals surface area contributed by atoms with Crippen molar-refractivity contribution in [3.05, 3.63) is 151 Å². The Morgan fingerprint density at radius 3 is 1.73 bits per heavy atom. The summed E-state index contributed by atoms with van der Waals surface area (Å²) in [7, 11) is 0. The van der Waals surface area contributed by atoms with Crippen LogP contribution in [0.3, 0.4) is 0 Å². The first-order valence-corrected chi connectivity index (χ1v) is 15.4. The predicted molar refractivity (Wildman–Crippen MR) is 191 cm³/mol. The van der Waals surface area contributed by atoms with Crippen LogP contribution in [-0.2, 0) is 6.42 Å². The van der Waals surface area contributed by atoms with Gasteiger partial charge in [0.2, 0.25) is 17.2 Å². The van der Waals surface area contributed by atoms with Gasteiger partial charge in [0, 0.05) is 22.3 Å². The molecule has 0 bridgehead atoms. The summed E-state index contributed by atoms with van der Waals surface area (Å²) in [6, 6.07) is 40.3. The number of allylic oxidation sites excluding steroid dienone is 1. The Kier molecular flexibility index (Phi) is 7.71. The van der Waals surface area contributed by atoms with Crippen molar-refractivity contribution in [1.29, 1.82) is 0 Å². The molecule has 0 amide bonds. The molecule has 7 nitrogen and oxygen atoms in total. The van der Waals surface area contributed by atoms with Crippen molar-refractivity contribution in [2.24, 2.45) is 0 Å². The normalized spacial score (nSPS) is 11.4. The summed E-state index contributed by atoms with van der Waals surface area (Å²) in [5.74, 6) is -4.43. The van der Waals surface area contributed by atoms with Gasteiger partial charge in [-0.25, -0.2) is 0 Å². The van der Waals surface area contributed by atoms with Gasteiger partial charge in [-0.3, -0.25) is 0 Å². The molecule has 5 N–H and O–H groups in total. The average Bonchev–Trinajstić information content (AvgIpc) is 3.69. The predicted octanol–water partition coefficient (Wildman–Crippen LogP) is 9.18. The lowest BCUT2D eigenvalue weighted by Gasteiger charge is -2.16. The fourth-order valence-corrected chi connectivity index (χ4v) is 6.22. The van der Waals surface area contributed by atoms with E-state index in [1.54, 1.807) is 16.7 Å². The molecule has 7 rings (SSSR count). The van der Waals surface area contributed by atoms with Gasteiger partial charge >= 0.3 is 0 Å². The molecule has 0 radical (unpaired) electrons. The van der Waals surface area contributed by atoms with Crippen LogP contribution in [0.5, 0.6) is 28.7 Å². The molecule has 48 heavy (non-hydrogen) atoms. The van der Waals surface area contributed by atoms with Crippen LogP contribution in [0.25, 0.3) is 56.9 Å². The molecular formula is C41H32N2O5. The standard InChI is InChI=1S/C41H32N2O5/c1-2-27-24-35(36-37(44)39(46)41(48)40(47)38(36)45)43(31-18-10-5-11-19-31)32(27)20-12-13-26-21-22-33-29(23-26)25-34(28-14-6-3-7-15-28)42(33)30-16-8-4-9-17-30/h2-12,14-25,44-48H,1,13H2/b20-12-. The number of phenolic OH excluding ortho intramolecular Hbond substituents is 5. The molecule has 5 aromatic carbocycles. The number of benzene rings is 5. The van der Waals surface area contributed by atoms with E-state index in [9.17, 15) is 25.5 Å². The summed E-state index contributed by atoms with van der Waals surface area (Å²) in [5.41, 5.74) is 7.62. The summed E-state index contributed by atoms with van der Waals surface area (Å²) in [6.45, 7) is 3.98. The molecule has 7 aromatic rings. The van der Waals surface area contributed by atoms with E-state index < -0.39 is 28.7 Å². The Labute approximate surface area is 277 Å². The second-order valence-electron chi connectivity index (χ2n) is 11.4. The molecule has 0 saturated heterocycles. The number of fused-ring (bicyclic) bond motifs is 1. The van der Waals surface area contributed by atoms with Gasteiger partial charge in [-0.1, -0.05) is 91.5 Å². The summed E-state index contributed by atoms with van der Waals surface area (Å²) in [4.78, 5) is 0. The van der Waals surface area contributed by atoms with Gasteiger partial charge in [0.25, 0.3) is 0 Å². The minimum Gasteiger partial charge on any atom is -0.504 e. The number of hydrogen-bond acceptors (Lipinski definition) is 5. The lowest BCUT2D eigenvalue weighted by Crippen LogP contribution is -2.00. The van der Waals surface area contributed by atoms with Gasteiger partial charge in [0.15, 0.2) is 11.5 Å². The largest absolute Gasteiger partial charge is 0.504 e. The van der Waals surface area contributed by atoms with Crippen LogP contribution in [0.2, 0.25) is 0 Å². The Morgan fingerprint density at radius 1 is 0.562 bits per heavy atom. The number of aromatic hydroxyl groups is 5. The van der Waals surface area contributed by atoms with E-state index in [1.807, 2.05) is 78.9 Å². The zero-order valence-corrected chi connectivity index (χ0v) is 25.8. The molecule has 236 valence electrons. The summed E-state index contributed by atoms with van der Waals surface area (Å²) < 4.78 is 4.06. The Bertz CT molecular complexity index is 2290. The van der Waals surface area contributed by atoms with Gasteiger partial charge in [-0.2, -0.15) is 0 Å². The van der Waals surface area contributed by atoms with E-state index in [-0.39, 0.29) is 11.3 Å². The van der Waals surface area contributed by atoms with E-state index in [4.69, 9.17) is 0 Å². The van der Waals surface area contributed by atoms with Crippen LogP contribution in [0, 0.1) is 0 Å². The number of phenols is 5. The molecule has 2 aromatic heterocycles. The fraction of sp³-hybridized carbons (Fsp3) is 0.0244. The van der Waals surface area contributed by atoms with Crippen LogP contribution in [0.15, 0.2) is 134 Å². The summed E-state index contributed by atoms with van der Waals surface area (Å²) in [6.07, 6.45) is 6.23. The molecular weight excluding hydrogens is 600 g/mol. The average molecular weight is 633 g/mol. The van der Waals surface area contributed by atoms with Gasteiger partial charge in [-0.05, 0) is 72.2 Å². The first kappa shape index (κ1) is 30.1. The highest BCUT2D eigenvalue weighted by molar-refractivity contribution is 5.90. The smallest absolute Gasteiger partial charge is 0.208 e. The van der Waals surface area contributed by atoms with E-state index in [1.165, 1.54) is 0 Å². The van der Waals surface area contributed by atoms with E-state index in [0.29, 0.717) is 23.4 Å². The lowest BCUT2D eigenvalue weighted by atomic mass is 10.1. The first-order chi connectivity index (χ1) is 23.4. The highest BCUT2D eigenvalue weighted by atomic mass is 16.4. The lowest BCUT2D eigenvalue weighted by molar-refractivity contribution is 0.330. The van der Waals surface area contributed by atoms with Crippen molar-refractivity contribution in [2.45, 2.75) is 6.42 Å². The van der Waals surface area contributed by atoms with Crippen molar-refractivity contribution in [2.75, 3.05) is 0 Å². The molecule has 0 atom stereocenters. The molecule has 0 aliphatic heterocycles. The highest BCUT2D eigenvalue weighted by Gasteiger charge is 2.28. The van der Waals surface area contributed by atoms with Crippen LogP contribution in [0.1, 0.15) is 16.8 Å². The van der Waals surface area contributed by atoms with Crippen molar-refractivity contribution >= 4 is 23.1 Å². The van der Waals surface area contributed by atoms with Crippen molar-refractivity contribution in [3.8, 4) is 62.6 Å². The molecule has 0 unspecified atom stereocenters. The number of rotatable bonds is 8. The third-order valence-electron chi connectivity index (χ3n) is 8.51. The van der Waals surface area contributed by atoms with Crippen LogP contribution >= 0.6 is 0 Å². The Morgan fingerprint density at radius 2 is 1.12 bits per heavy atom. The molecule has 0 saturated carbocycles. The number of hydrogen-bond donors (Lipinski definition) is 5. The third-order valence-corrected chi connectivity index (χ3v) is 8.51. The van der Waals surface area contributed by atoms with E-state index in [0.717, 1.165) is 33.4 Å². The monoisotopic (exact) mass is 632 g/mol. The van der Waals surface area contributed by atoms with Crippen LogP contribution in [0.4, 0.5) is 0 Å². The first-order valence-electron chi connectivity index (χ1n) is 15.4. The molecule has 0 aliphatic carbocycles. The highest BCUT2D eigenvalue weighted by Crippen LogP contribution is 2.55. The molecule has 0 fully saturated rings. The van der Waals surface area contributed by atoms with E-state index >= 15 is 0 Å². The van der Waals surface area contributed by atoms with Crippen LogP contribution < -0.4 is 0 Å². The topological polar surface area (TPSA) is 111 Å². The maximum atomic E-state index is 10.8. The second kappa shape index (κ2) is 12.3. The minimum absolute atomic E-state index is 0.239. The zero-order valence-electron chi connectivity index (χ0n) is 25.8. The van der Waals surface area contributed by atoms with Gasteiger partial charge < -0.3 is 34.7 Å². The number of nitrogens with zero attached hydrogens (tertiary/aromatic N) is 2. The summed E-state index contributed by atoms with van der Waals surface area (Å²) >= 11 is 0. The Hall–Kier alpha value is -6.60. The Balaban J connectivity index is 1.31. The van der Waals surface area contributed by atoms with Crippen molar-refractivity contribution in [3.63, 3.8) is 0 Å². The van der Waals surface area contributed by atoms with Gasteiger partial charge in [-0.15, -0.1) is 0 Å². The fourth-order valence-electron chi connectivity index (χ4n) is 6.22. The van der Waals surface area contributed by atoms with Crippen molar-refractivity contribution < 1.29 is 25.5 Å². The molecule has 2 heterocycles. The molecule has 0 aliphatic rings. The summed E-state index contributed by atoms with van der Waals surface area (Å²) in [5, 5.41) is 53.4. The quantitative estimate of drug-likeness (QED) is 0.0848. The number of para-hydroxylation sites is 2.